The standard InChI is InChI=1S/C6H9NO4/c7-3(4(8)9)6(1-2-6)5(10)11/h3H,1-2,7H2,(H,8,9)(H,10,11)/t3-/m1/s1. The molecule has 0 radical (unpaired) electrons. The van der Waals surface area contributed by atoms with Crippen molar-refractivity contribution < 1.29 is 19.8 Å². The summed E-state index contributed by atoms with van der Waals surface area (Å²) in [6.45, 7) is 0. The van der Waals surface area contributed by atoms with Crippen molar-refractivity contribution in [2.24, 2.45) is 11.1 Å². The molecule has 1 aliphatic carbocycles. The van der Waals surface area contributed by atoms with Crippen molar-refractivity contribution >= 4 is 11.9 Å². The maximum atomic E-state index is 10.5. The summed E-state index contributed by atoms with van der Waals surface area (Å²) in [7, 11) is 0. The Kier molecular flexibility index (Phi) is 1.60. The van der Waals surface area contributed by atoms with E-state index in [1.165, 1.54) is 0 Å². The van der Waals surface area contributed by atoms with Crippen LogP contribution in [0.2, 0.25) is 0 Å². The predicted octanol–water partition coefficient (Wildman–Crippen LogP) is -0.737. The minimum absolute atomic E-state index is 0.371. The Morgan fingerprint density at radius 3 is 1.91 bits per heavy atom. The molecule has 1 saturated carbocycles. The minimum atomic E-state index is -1.26. The Labute approximate surface area is 62.8 Å². The zero-order valence-electron chi connectivity index (χ0n) is 5.78. The molecule has 0 saturated heterocycles. The van der Waals surface area contributed by atoms with Gasteiger partial charge in [0.15, 0.2) is 0 Å². The summed E-state index contributed by atoms with van der Waals surface area (Å²) in [5.74, 6) is -2.35. The highest BCUT2D eigenvalue weighted by Crippen LogP contribution is 2.48. The highest BCUT2D eigenvalue weighted by molar-refractivity contribution is 5.88. The van der Waals surface area contributed by atoms with Gasteiger partial charge in [-0.3, -0.25) is 9.59 Å². The van der Waals surface area contributed by atoms with E-state index in [9.17, 15) is 9.59 Å². The van der Waals surface area contributed by atoms with Crippen molar-refractivity contribution in [2.45, 2.75) is 18.9 Å². The fourth-order valence-electron chi connectivity index (χ4n) is 1.03. The third-order valence-corrected chi connectivity index (χ3v) is 2.08. The molecule has 0 aromatic heterocycles. The first kappa shape index (κ1) is 8.00. The van der Waals surface area contributed by atoms with E-state index in [1.807, 2.05) is 0 Å². The molecular formula is C6H9NO4. The molecule has 5 nitrogen and oxygen atoms in total. The van der Waals surface area contributed by atoms with E-state index in [2.05, 4.69) is 0 Å². The lowest BCUT2D eigenvalue weighted by molar-refractivity contribution is -0.151. The maximum Gasteiger partial charge on any atom is 0.321 e. The molecule has 1 atom stereocenters. The smallest absolute Gasteiger partial charge is 0.321 e. The van der Waals surface area contributed by atoms with Crippen LogP contribution in [0.5, 0.6) is 0 Å². The van der Waals surface area contributed by atoms with Crippen LogP contribution in [0, 0.1) is 5.41 Å². The maximum absolute atomic E-state index is 10.5. The summed E-state index contributed by atoms with van der Waals surface area (Å²) in [6, 6.07) is -1.26. The van der Waals surface area contributed by atoms with Crippen LogP contribution >= 0.6 is 0 Å². The van der Waals surface area contributed by atoms with Crippen molar-refractivity contribution in [3.05, 3.63) is 0 Å². The van der Waals surface area contributed by atoms with Crippen LogP contribution in [-0.4, -0.2) is 28.2 Å². The van der Waals surface area contributed by atoms with E-state index in [-0.39, 0.29) is 0 Å². The molecule has 1 fully saturated rings. The molecule has 62 valence electrons. The Morgan fingerprint density at radius 1 is 1.36 bits per heavy atom. The first-order valence-electron chi connectivity index (χ1n) is 3.22. The van der Waals surface area contributed by atoms with Crippen LogP contribution < -0.4 is 5.73 Å². The number of nitrogens with two attached hydrogens (primary N) is 1. The van der Waals surface area contributed by atoms with Crippen molar-refractivity contribution in [2.75, 3.05) is 0 Å². The highest BCUT2D eigenvalue weighted by Gasteiger charge is 2.57. The largest absolute Gasteiger partial charge is 0.481 e. The molecule has 5 heteroatoms. The Balaban J connectivity index is 2.73. The lowest BCUT2D eigenvalue weighted by Crippen LogP contribution is -2.43. The molecule has 0 amide bonds. The van der Waals surface area contributed by atoms with Crippen LogP contribution in [0.3, 0.4) is 0 Å². The zero-order valence-corrected chi connectivity index (χ0v) is 5.78. The van der Waals surface area contributed by atoms with Crippen molar-refractivity contribution in [1.82, 2.24) is 0 Å². The molecule has 0 spiro atoms. The average molecular weight is 159 g/mol. The number of aliphatic carboxylic acids is 2. The predicted molar refractivity (Wildman–Crippen MR) is 34.9 cm³/mol. The normalized spacial score (nSPS) is 22.3. The van der Waals surface area contributed by atoms with Crippen LogP contribution in [0.25, 0.3) is 0 Å². The van der Waals surface area contributed by atoms with Crippen LogP contribution in [0.1, 0.15) is 12.8 Å². The second-order valence-electron chi connectivity index (χ2n) is 2.78. The van der Waals surface area contributed by atoms with Crippen molar-refractivity contribution in [3.63, 3.8) is 0 Å². The van der Waals surface area contributed by atoms with Gasteiger partial charge in [-0.05, 0) is 12.8 Å². The Morgan fingerprint density at radius 2 is 1.82 bits per heavy atom. The number of carbonyl (C=O) groups is 2. The number of rotatable bonds is 3. The summed E-state index contributed by atoms with van der Waals surface area (Å²) in [5, 5.41) is 17.0. The molecule has 1 aliphatic rings. The van der Waals surface area contributed by atoms with E-state index < -0.39 is 23.4 Å². The number of hydrogen-bond acceptors (Lipinski definition) is 3. The number of hydrogen-bond donors (Lipinski definition) is 3. The van der Waals surface area contributed by atoms with Gasteiger partial charge in [-0.15, -0.1) is 0 Å². The monoisotopic (exact) mass is 159 g/mol. The van der Waals surface area contributed by atoms with Gasteiger partial charge in [0.05, 0.1) is 5.41 Å². The second-order valence-corrected chi connectivity index (χ2v) is 2.78. The summed E-state index contributed by atoms with van der Waals surface area (Å²) < 4.78 is 0. The van der Waals surface area contributed by atoms with Crippen molar-refractivity contribution in [3.8, 4) is 0 Å². The van der Waals surface area contributed by atoms with E-state index in [4.69, 9.17) is 15.9 Å². The molecule has 1 rings (SSSR count). The van der Waals surface area contributed by atoms with Gasteiger partial charge in [0.25, 0.3) is 0 Å². The number of carboxylic acids is 2. The van der Waals surface area contributed by atoms with E-state index in [1.54, 1.807) is 0 Å². The van der Waals surface area contributed by atoms with Gasteiger partial charge in [0.2, 0.25) is 0 Å². The van der Waals surface area contributed by atoms with Crippen LogP contribution in [-0.2, 0) is 9.59 Å². The fraction of sp³-hybridized carbons (Fsp3) is 0.667. The molecule has 0 bridgehead atoms. The third kappa shape index (κ3) is 1.07. The van der Waals surface area contributed by atoms with Crippen LogP contribution in [0.4, 0.5) is 0 Å². The molecule has 11 heavy (non-hydrogen) atoms. The molecule has 0 aromatic carbocycles. The van der Waals surface area contributed by atoms with Gasteiger partial charge < -0.3 is 15.9 Å². The Bertz CT molecular complexity index is 209. The molecule has 4 N–H and O–H groups in total. The van der Waals surface area contributed by atoms with Crippen molar-refractivity contribution in [1.29, 1.82) is 0 Å². The van der Waals surface area contributed by atoms with E-state index in [0.717, 1.165) is 0 Å². The summed E-state index contributed by atoms with van der Waals surface area (Å²) in [6.07, 6.45) is 0.742. The molecule has 0 aliphatic heterocycles. The summed E-state index contributed by atoms with van der Waals surface area (Å²) >= 11 is 0. The SMILES string of the molecule is N[C@H](C(=O)O)C1(C(=O)O)CC1. The lowest BCUT2D eigenvalue weighted by Gasteiger charge is -2.13. The molecule has 0 heterocycles. The second kappa shape index (κ2) is 2.20. The Hall–Kier alpha value is -1.10. The zero-order chi connectivity index (χ0) is 8.65. The molecule has 0 unspecified atom stereocenters. The average Bonchev–Trinajstić information content (AvgIpc) is 2.65. The van der Waals surface area contributed by atoms with E-state index >= 15 is 0 Å². The van der Waals surface area contributed by atoms with Gasteiger partial charge in [0.1, 0.15) is 6.04 Å². The first-order chi connectivity index (χ1) is 5.00. The lowest BCUT2D eigenvalue weighted by atomic mass is 9.98. The fourth-order valence-corrected chi connectivity index (χ4v) is 1.03. The summed E-state index contributed by atoms with van der Waals surface area (Å²) in [5.41, 5.74) is 4.00. The topological polar surface area (TPSA) is 101 Å². The quantitative estimate of drug-likeness (QED) is 0.503. The third-order valence-electron chi connectivity index (χ3n) is 2.08. The number of carboxylic acid groups (broad SMARTS) is 2. The van der Waals surface area contributed by atoms with Gasteiger partial charge >= 0.3 is 11.9 Å². The van der Waals surface area contributed by atoms with E-state index in [0.29, 0.717) is 12.8 Å². The van der Waals surface area contributed by atoms with Crippen LogP contribution in [0.15, 0.2) is 0 Å². The molecular weight excluding hydrogens is 150 g/mol. The van der Waals surface area contributed by atoms with Gasteiger partial charge in [-0.2, -0.15) is 0 Å². The summed E-state index contributed by atoms with van der Waals surface area (Å²) in [4.78, 5) is 20.8. The molecule has 0 aromatic rings. The first-order valence-corrected chi connectivity index (χ1v) is 3.22. The van der Waals surface area contributed by atoms with Gasteiger partial charge in [0, 0.05) is 0 Å². The van der Waals surface area contributed by atoms with Gasteiger partial charge in [-0.25, -0.2) is 0 Å². The highest BCUT2D eigenvalue weighted by atomic mass is 16.4. The minimum Gasteiger partial charge on any atom is -0.481 e. The van der Waals surface area contributed by atoms with Gasteiger partial charge in [-0.1, -0.05) is 0 Å².